The van der Waals surface area contributed by atoms with Crippen LogP contribution in [0.5, 0.6) is 0 Å². The summed E-state index contributed by atoms with van der Waals surface area (Å²) in [6.07, 6.45) is 4.00. The molecule has 0 aromatic heterocycles. The van der Waals surface area contributed by atoms with E-state index in [9.17, 15) is 0 Å². The van der Waals surface area contributed by atoms with Crippen LogP contribution >= 0.6 is 47.0 Å². The molecule has 1 heterocycles. The average Bonchev–Trinajstić information content (AvgIpc) is 2.63. The molecule has 0 aromatic rings. The van der Waals surface area contributed by atoms with E-state index in [4.69, 9.17) is 10.5 Å². The van der Waals surface area contributed by atoms with Crippen LogP contribution in [0, 0.1) is 22.7 Å². The number of hydrogen-bond donors (Lipinski definition) is 0. The highest BCUT2D eigenvalue weighted by atomic mass is 32.3. The van der Waals surface area contributed by atoms with E-state index in [1.807, 2.05) is 24.6 Å². The minimum Gasteiger partial charge on any atom is -0.192 e. The van der Waals surface area contributed by atoms with Crippen molar-refractivity contribution in [1.82, 2.24) is 0 Å². The number of rotatable bonds is 2. The lowest BCUT2D eigenvalue weighted by molar-refractivity contribution is 1.47. The molecule has 1 aliphatic rings. The van der Waals surface area contributed by atoms with Crippen molar-refractivity contribution in [2.75, 3.05) is 12.5 Å². The van der Waals surface area contributed by atoms with Gasteiger partial charge < -0.3 is 0 Å². The summed E-state index contributed by atoms with van der Waals surface area (Å²) in [5.41, 5.74) is 0.218. The lowest BCUT2D eigenvalue weighted by atomic mass is 10.4. The van der Waals surface area contributed by atoms with Crippen molar-refractivity contribution >= 4 is 47.0 Å². The number of hydrogen-bond acceptors (Lipinski definition) is 6. The molecule has 0 unspecified atom stereocenters. The second-order valence-electron chi connectivity index (χ2n) is 2.07. The Kier molecular flexibility index (Phi) is 4.83. The van der Waals surface area contributed by atoms with Crippen molar-refractivity contribution in [2.45, 2.75) is 0 Å². The van der Waals surface area contributed by atoms with Crippen molar-refractivity contribution in [3.8, 4) is 12.1 Å². The molecule has 1 rings (SSSR count). The Balaban J connectivity index is 2.96. The standard InChI is InChI=1S/C8H6N2S4/c1-11-7-8(12-2)14-6(13-7)5(3-9)4-10/h1-2H3. The zero-order valence-corrected chi connectivity index (χ0v) is 10.8. The van der Waals surface area contributed by atoms with Crippen LogP contribution in [0.1, 0.15) is 0 Å². The maximum Gasteiger partial charge on any atom is 0.150 e. The fraction of sp³-hybridized carbons (Fsp3) is 0.250. The summed E-state index contributed by atoms with van der Waals surface area (Å²) in [6.45, 7) is 0. The minimum atomic E-state index is 0.218. The minimum absolute atomic E-state index is 0.218. The summed E-state index contributed by atoms with van der Waals surface area (Å²) >= 11 is 6.35. The van der Waals surface area contributed by atoms with Gasteiger partial charge in [-0.2, -0.15) is 10.5 Å². The van der Waals surface area contributed by atoms with Gasteiger partial charge in [0, 0.05) is 0 Å². The molecule has 2 nitrogen and oxygen atoms in total. The normalized spacial score (nSPS) is 15.3. The van der Waals surface area contributed by atoms with Gasteiger partial charge in [-0.1, -0.05) is 23.5 Å². The molecule has 0 bridgehead atoms. The van der Waals surface area contributed by atoms with E-state index in [1.165, 1.54) is 32.0 Å². The number of allylic oxidation sites excluding steroid dienone is 1. The molecule has 0 aromatic carbocycles. The molecule has 14 heavy (non-hydrogen) atoms. The topological polar surface area (TPSA) is 47.6 Å². The van der Waals surface area contributed by atoms with Gasteiger partial charge in [-0.25, -0.2) is 0 Å². The van der Waals surface area contributed by atoms with Gasteiger partial charge in [0.05, 0.1) is 12.7 Å². The van der Waals surface area contributed by atoms with Crippen LogP contribution in [-0.2, 0) is 0 Å². The Morgan fingerprint density at radius 2 is 1.50 bits per heavy atom. The molecule has 0 aliphatic carbocycles. The molecule has 0 atom stereocenters. The first-order valence-electron chi connectivity index (χ1n) is 3.49. The van der Waals surface area contributed by atoms with Gasteiger partial charge in [-0.05, 0) is 12.5 Å². The van der Waals surface area contributed by atoms with E-state index in [2.05, 4.69) is 0 Å². The largest absolute Gasteiger partial charge is 0.192 e. The molecule has 0 amide bonds. The van der Waals surface area contributed by atoms with E-state index < -0.39 is 0 Å². The Morgan fingerprint density at radius 1 is 1.07 bits per heavy atom. The van der Waals surface area contributed by atoms with Crippen molar-refractivity contribution in [1.29, 1.82) is 10.5 Å². The highest BCUT2D eigenvalue weighted by Gasteiger charge is 2.23. The lowest BCUT2D eigenvalue weighted by Gasteiger charge is -1.94. The van der Waals surface area contributed by atoms with Gasteiger partial charge in [0.25, 0.3) is 0 Å². The Bertz CT molecular complexity index is 349. The van der Waals surface area contributed by atoms with Gasteiger partial charge >= 0.3 is 0 Å². The van der Waals surface area contributed by atoms with Crippen LogP contribution in [0.4, 0.5) is 0 Å². The van der Waals surface area contributed by atoms with Gasteiger partial charge in [0.1, 0.15) is 17.7 Å². The number of nitriles is 2. The van der Waals surface area contributed by atoms with E-state index in [0.717, 1.165) is 4.24 Å². The molecule has 0 fully saturated rings. The molecular weight excluding hydrogens is 252 g/mol. The van der Waals surface area contributed by atoms with Crippen molar-refractivity contribution in [2.24, 2.45) is 0 Å². The number of thioether (sulfide) groups is 4. The van der Waals surface area contributed by atoms with Crippen molar-refractivity contribution in [3.05, 3.63) is 18.3 Å². The number of nitrogens with zero attached hydrogens (tertiary/aromatic N) is 2. The molecule has 0 N–H and O–H groups in total. The van der Waals surface area contributed by atoms with E-state index in [1.54, 1.807) is 23.5 Å². The molecule has 0 radical (unpaired) electrons. The van der Waals surface area contributed by atoms with Gasteiger partial charge in [-0.3, -0.25) is 0 Å². The van der Waals surface area contributed by atoms with Crippen LogP contribution in [-0.4, -0.2) is 12.5 Å². The monoisotopic (exact) mass is 258 g/mol. The Hall–Kier alpha value is -0.140. The van der Waals surface area contributed by atoms with Crippen LogP contribution in [0.3, 0.4) is 0 Å². The maximum atomic E-state index is 8.72. The summed E-state index contributed by atoms with van der Waals surface area (Å²) < 4.78 is 3.17. The third kappa shape index (κ3) is 2.46. The molecule has 0 saturated heterocycles. The molecular formula is C8H6N2S4. The van der Waals surface area contributed by atoms with Crippen LogP contribution < -0.4 is 0 Å². The smallest absolute Gasteiger partial charge is 0.150 e. The van der Waals surface area contributed by atoms with Gasteiger partial charge in [0.15, 0.2) is 0 Å². The summed E-state index contributed by atoms with van der Waals surface area (Å²) in [5, 5.41) is 17.4. The molecule has 1 aliphatic heterocycles. The lowest BCUT2D eigenvalue weighted by Crippen LogP contribution is -1.74. The first-order valence-corrected chi connectivity index (χ1v) is 7.57. The molecule has 6 heteroatoms. The van der Waals surface area contributed by atoms with Crippen molar-refractivity contribution in [3.63, 3.8) is 0 Å². The van der Waals surface area contributed by atoms with E-state index in [-0.39, 0.29) is 5.57 Å². The van der Waals surface area contributed by atoms with Gasteiger partial charge in [-0.15, -0.1) is 23.5 Å². The van der Waals surface area contributed by atoms with Crippen molar-refractivity contribution < 1.29 is 0 Å². The maximum absolute atomic E-state index is 8.72. The molecule has 72 valence electrons. The summed E-state index contributed by atoms with van der Waals surface area (Å²) in [7, 11) is 0. The average molecular weight is 258 g/mol. The highest BCUT2D eigenvalue weighted by molar-refractivity contribution is 8.40. The zero-order chi connectivity index (χ0) is 10.6. The second-order valence-corrected chi connectivity index (χ2v) is 6.52. The third-order valence-corrected chi connectivity index (χ3v) is 6.56. The van der Waals surface area contributed by atoms with Crippen LogP contribution in [0.2, 0.25) is 0 Å². The quantitative estimate of drug-likeness (QED) is 0.706. The van der Waals surface area contributed by atoms with Gasteiger partial charge in [0.2, 0.25) is 0 Å². The Labute approximate surface area is 100 Å². The second kappa shape index (κ2) is 5.67. The predicted octanol–water partition coefficient (Wildman–Crippen LogP) is 3.58. The fourth-order valence-corrected chi connectivity index (χ4v) is 5.61. The van der Waals surface area contributed by atoms with Crippen LogP contribution in [0.25, 0.3) is 0 Å². The Morgan fingerprint density at radius 3 is 1.79 bits per heavy atom. The first kappa shape index (κ1) is 11.9. The predicted molar refractivity (Wildman–Crippen MR) is 67.5 cm³/mol. The fourth-order valence-electron chi connectivity index (χ4n) is 0.741. The summed E-state index contributed by atoms with van der Waals surface area (Å²) in [6, 6.07) is 3.83. The van der Waals surface area contributed by atoms with E-state index >= 15 is 0 Å². The SMILES string of the molecule is CSC1=C(SC)SC(=C(C#N)C#N)S1. The highest BCUT2D eigenvalue weighted by Crippen LogP contribution is 2.56. The molecule has 0 spiro atoms. The third-order valence-electron chi connectivity index (χ3n) is 1.34. The summed E-state index contributed by atoms with van der Waals surface area (Å²) in [4.78, 5) is 0. The van der Waals surface area contributed by atoms with Crippen LogP contribution in [0.15, 0.2) is 18.3 Å². The van der Waals surface area contributed by atoms with E-state index in [0.29, 0.717) is 0 Å². The summed E-state index contributed by atoms with van der Waals surface area (Å²) in [5.74, 6) is 0. The molecule has 0 saturated carbocycles. The zero-order valence-electron chi connectivity index (χ0n) is 7.53. The first-order chi connectivity index (χ1) is 6.76.